The van der Waals surface area contributed by atoms with Crippen LogP contribution < -0.4 is 4.72 Å². The Hall–Kier alpha value is -0.630. The summed E-state index contributed by atoms with van der Waals surface area (Å²) < 4.78 is 27.6. The fourth-order valence-corrected chi connectivity index (χ4v) is 5.40. The van der Waals surface area contributed by atoms with Gasteiger partial charge in [-0.3, -0.25) is 10.00 Å². The first-order valence-electron chi connectivity index (χ1n) is 8.37. The molecule has 0 amide bonds. The van der Waals surface area contributed by atoms with Crippen LogP contribution >= 0.6 is 11.6 Å². The first-order valence-corrected chi connectivity index (χ1v) is 10.3. The van der Waals surface area contributed by atoms with Gasteiger partial charge in [0.25, 0.3) is 0 Å². The van der Waals surface area contributed by atoms with E-state index in [1.165, 1.54) is 12.8 Å². The number of rotatable bonds is 6. The molecule has 2 atom stereocenters. The van der Waals surface area contributed by atoms with E-state index in [4.69, 9.17) is 11.6 Å². The smallest absolute Gasteiger partial charge is 0.214 e. The second-order valence-corrected chi connectivity index (χ2v) is 9.64. The van der Waals surface area contributed by atoms with Gasteiger partial charge in [0, 0.05) is 25.7 Å². The summed E-state index contributed by atoms with van der Waals surface area (Å²) in [4.78, 5) is 2.28. The average molecular weight is 359 g/mol. The minimum absolute atomic E-state index is 0.0342. The van der Waals surface area contributed by atoms with Crippen molar-refractivity contribution in [2.45, 2.75) is 50.4 Å². The molecule has 128 valence electrons. The number of nitrogens with zero attached hydrogens (tertiary/aromatic N) is 2. The largest absolute Gasteiger partial charge is 0.295 e. The van der Waals surface area contributed by atoms with Crippen LogP contribution in [0, 0.1) is 18.8 Å². The van der Waals surface area contributed by atoms with Crippen molar-refractivity contribution in [2.75, 3.05) is 13.1 Å². The van der Waals surface area contributed by atoms with Crippen LogP contribution in [-0.4, -0.2) is 47.9 Å². The Morgan fingerprint density at radius 2 is 2.04 bits per heavy atom. The molecule has 1 aliphatic heterocycles. The van der Waals surface area contributed by atoms with E-state index in [0.717, 1.165) is 37.3 Å². The molecule has 6 nitrogen and oxygen atoms in total. The topological polar surface area (TPSA) is 78.1 Å². The number of aromatic nitrogens is 2. The van der Waals surface area contributed by atoms with E-state index in [1.54, 1.807) is 0 Å². The maximum Gasteiger partial charge on any atom is 0.214 e. The zero-order chi connectivity index (χ0) is 16.2. The Morgan fingerprint density at radius 1 is 1.30 bits per heavy atom. The van der Waals surface area contributed by atoms with Gasteiger partial charge in [0.05, 0.1) is 21.7 Å². The van der Waals surface area contributed by atoms with Crippen molar-refractivity contribution in [1.29, 1.82) is 0 Å². The highest BCUT2D eigenvalue weighted by atomic mass is 35.5. The van der Waals surface area contributed by atoms with Crippen molar-refractivity contribution in [1.82, 2.24) is 19.8 Å². The summed E-state index contributed by atoms with van der Waals surface area (Å²) in [5, 5.41) is 7.71. The molecule has 1 aromatic rings. The minimum atomic E-state index is -3.13. The van der Waals surface area contributed by atoms with Crippen LogP contribution in [0.15, 0.2) is 0 Å². The molecule has 8 heteroatoms. The maximum atomic E-state index is 12.3. The van der Waals surface area contributed by atoms with Crippen LogP contribution in [0.1, 0.15) is 37.1 Å². The monoisotopic (exact) mass is 358 g/mol. The van der Waals surface area contributed by atoms with E-state index in [0.29, 0.717) is 23.4 Å². The fraction of sp³-hybridized carbons (Fsp3) is 0.800. The molecule has 2 N–H and O–H groups in total. The number of sulfonamides is 1. The van der Waals surface area contributed by atoms with Gasteiger partial charge in [-0.25, -0.2) is 13.1 Å². The van der Waals surface area contributed by atoms with Gasteiger partial charge < -0.3 is 0 Å². The lowest BCUT2D eigenvalue weighted by Crippen LogP contribution is -2.42. The number of aromatic amines is 1. The highest BCUT2D eigenvalue weighted by molar-refractivity contribution is 7.90. The van der Waals surface area contributed by atoms with E-state index in [-0.39, 0.29) is 11.3 Å². The first-order chi connectivity index (χ1) is 10.9. The fourth-order valence-electron chi connectivity index (χ4n) is 3.64. The third kappa shape index (κ3) is 3.29. The lowest BCUT2D eigenvalue weighted by Gasteiger charge is -2.19. The number of halogens is 1. The Balaban J connectivity index is 1.45. The number of likely N-dealkylation sites (tertiary alicyclic amines) is 1. The quantitative estimate of drug-likeness (QED) is 0.810. The molecule has 0 spiro atoms. The van der Waals surface area contributed by atoms with Gasteiger partial charge in [-0.2, -0.15) is 5.10 Å². The Labute approximate surface area is 142 Å². The maximum absolute atomic E-state index is 12.3. The highest BCUT2D eigenvalue weighted by Gasteiger charge is 2.46. The minimum Gasteiger partial charge on any atom is -0.295 e. The molecule has 0 bridgehead atoms. The summed E-state index contributed by atoms with van der Waals surface area (Å²) in [6.45, 7) is 4.25. The lowest BCUT2D eigenvalue weighted by atomic mass is 9.99. The van der Waals surface area contributed by atoms with Crippen LogP contribution in [0.3, 0.4) is 0 Å². The number of hydrogen-bond donors (Lipinski definition) is 2. The molecule has 2 aliphatic carbocycles. The highest BCUT2D eigenvalue weighted by Crippen LogP contribution is 2.42. The van der Waals surface area contributed by atoms with Gasteiger partial charge in [0.2, 0.25) is 10.0 Å². The molecule has 2 saturated carbocycles. The van der Waals surface area contributed by atoms with E-state index < -0.39 is 10.0 Å². The first kappa shape index (κ1) is 15.9. The number of H-pyrrole nitrogens is 1. The van der Waals surface area contributed by atoms with Gasteiger partial charge in [-0.15, -0.1) is 0 Å². The van der Waals surface area contributed by atoms with Crippen molar-refractivity contribution >= 4 is 21.6 Å². The molecule has 23 heavy (non-hydrogen) atoms. The summed E-state index contributed by atoms with van der Waals surface area (Å²) in [6, 6.07) is 0.0342. The van der Waals surface area contributed by atoms with Crippen molar-refractivity contribution in [3.05, 3.63) is 16.4 Å². The van der Waals surface area contributed by atoms with Crippen LogP contribution in [0.4, 0.5) is 0 Å². The second kappa shape index (κ2) is 5.72. The zero-order valence-corrected chi connectivity index (χ0v) is 14.8. The Bertz CT molecular complexity index is 696. The molecule has 1 saturated heterocycles. The Morgan fingerprint density at radius 3 is 2.61 bits per heavy atom. The summed E-state index contributed by atoms with van der Waals surface area (Å²) in [6.07, 6.45) is 4.06. The SMILES string of the molecule is Cc1[nH]nc(CN2C[C@H](NS(=O)(=O)C3CC3)[C@@H](C3CC3)C2)c1Cl. The summed E-state index contributed by atoms with van der Waals surface area (Å²) in [5.41, 5.74) is 1.73. The molecule has 0 aromatic carbocycles. The van der Waals surface area contributed by atoms with Crippen LogP contribution in [0.5, 0.6) is 0 Å². The van der Waals surface area contributed by atoms with Gasteiger partial charge in [-0.05, 0) is 44.4 Å². The van der Waals surface area contributed by atoms with Crippen LogP contribution in [0.2, 0.25) is 5.02 Å². The van der Waals surface area contributed by atoms with Gasteiger partial charge in [-0.1, -0.05) is 11.6 Å². The van der Waals surface area contributed by atoms with Gasteiger partial charge in [0.15, 0.2) is 0 Å². The molecule has 3 fully saturated rings. The van der Waals surface area contributed by atoms with Crippen molar-refractivity contribution in [2.24, 2.45) is 11.8 Å². The lowest BCUT2D eigenvalue weighted by molar-refractivity contribution is 0.306. The summed E-state index contributed by atoms with van der Waals surface area (Å²) >= 11 is 6.26. The normalized spacial score (nSPS) is 29.3. The van der Waals surface area contributed by atoms with Crippen molar-refractivity contribution < 1.29 is 8.42 Å². The van der Waals surface area contributed by atoms with Crippen LogP contribution in [0.25, 0.3) is 0 Å². The molecule has 0 radical (unpaired) electrons. The second-order valence-electron chi connectivity index (χ2n) is 7.27. The van der Waals surface area contributed by atoms with Crippen LogP contribution in [-0.2, 0) is 16.6 Å². The number of nitrogens with one attached hydrogen (secondary N) is 2. The van der Waals surface area contributed by atoms with E-state index in [9.17, 15) is 8.42 Å². The third-order valence-electron chi connectivity index (χ3n) is 5.26. The zero-order valence-electron chi connectivity index (χ0n) is 13.3. The standard InChI is InChI=1S/C15H23ClN4O2S/c1-9-15(16)14(18-17-9)8-20-6-12(10-2-3-10)13(7-20)19-23(21,22)11-4-5-11/h10-13,19H,2-8H2,1H3,(H,17,18)/t12-,13+/m1/s1. The van der Waals surface area contributed by atoms with E-state index in [1.807, 2.05) is 6.92 Å². The summed E-state index contributed by atoms with van der Waals surface area (Å²) in [7, 11) is -3.13. The predicted octanol–water partition coefficient (Wildman–Crippen LogP) is 1.66. The predicted molar refractivity (Wildman–Crippen MR) is 88.7 cm³/mol. The Kier molecular flexibility index (Phi) is 3.95. The molecule has 1 aromatic heterocycles. The summed E-state index contributed by atoms with van der Waals surface area (Å²) in [5.74, 6) is 1.09. The molecule has 0 unspecified atom stereocenters. The number of hydrogen-bond acceptors (Lipinski definition) is 4. The van der Waals surface area contributed by atoms with E-state index in [2.05, 4.69) is 19.8 Å². The number of aryl methyl sites for hydroxylation is 1. The molecule has 2 heterocycles. The molecule has 4 rings (SSSR count). The van der Waals surface area contributed by atoms with Crippen molar-refractivity contribution in [3.8, 4) is 0 Å². The van der Waals surface area contributed by atoms with Gasteiger partial charge in [0.1, 0.15) is 0 Å². The van der Waals surface area contributed by atoms with E-state index >= 15 is 0 Å². The molecule has 3 aliphatic rings. The average Bonchev–Trinajstić information content (AvgIpc) is 3.40. The van der Waals surface area contributed by atoms with Crippen molar-refractivity contribution in [3.63, 3.8) is 0 Å². The third-order valence-corrected chi connectivity index (χ3v) is 7.74. The molecular formula is C15H23ClN4O2S. The molecular weight excluding hydrogens is 336 g/mol. The van der Waals surface area contributed by atoms with Gasteiger partial charge >= 0.3 is 0 Å².